The smallest absolute Gasteiger partial charge is 0.304 e. The normalized spacial score (nSPS) is 21.0. The maximum Gasteiger partial charge on any atom is 0.416 e. The molecular formula is C21H23ClF3NO3S. The van der Waals surface area contributed by atoms with Crippen LogP contribution in [0, 0.1) is 13.8 Å². The molecule has 0 radical (unpaired) electrons. The molecule has 9 heteroatoms. The van der Waals surface area contributed by atoms with Crippen molar-refractivity contribution in [3.8, 4) is 0 Å². The second-order valence-electron chi connectivity index (χ2n) is 7.76. The van der Waals surface area contributed by atoms with E-state index in [0.717, 1.165) is 29.5 Å². The molecule has 1 aliphatic rings. The first-order chi connectivity index (χ1) is 13.8. The van der Waals surface area contributed by atoms with Crippen LogP contribution >= 0.6 is 11.6 Å². The molecule has 1 fully saturated rings. The van der Waals surface area contributed by atoms with Crippen LogP contribution in [0.2, 0.25) is 5.02 Å². The van der Waals surface area contributed by atoms with E-state index >= 15 is 0 Å². The summed E-state index contributed by atoms with van der Waals surface area (Å²) in [4.78, 5) is 0. The van der Waals surface area contributed by atoms with Crippen molar-refractivity contribution in [1.82, 2.24) is 5.32 Å². The molecule has 1 N–H and O–H groups in total. The summed E-state index contributed by atoms with van der Waals surface area (Å²) in [6.45, 7) is 3.48. The van der Waals surface area contributed by atoms with E-state index < -0.39 is 34.0 Å². The Hall–Kier alpha value is -1.61. The predicted octanol–water partition coefficient (Wildman–Crippen LogP) is 5.49. The Labute approximate surface area is 179 Å². The van der Waals surface area contributed by atoms with Crippen molar-refractivity contribution in [3.05, 3.63) is 69.2 Å². The molecule has 3 atom stereocenters. The van der Waals surface area contributed by atoms with E-state index in [1.807, 2.05) is 19.1 Å². The molecule has 0 saturated carbocycles. The summed E-state index contributed by atoms with van der Waals surface area (Å²) in [6.07, 6.45) is -3.52. The highest BCUT2D eigenvalue weighted by molar-refractivity contribution is 7.86. The molecule has 0 aliphatic carbocycles. The van der Waals surface area contributed by atoms with Crippen molar-refractivity contribution in [2.24, 2.45) is 0 Å². The van der Waals surface area contributed by atoms with Crippen LogP contribution in [0.5, 0.6) is 0 Å². The van der Waals surface area contributed by atoms with Crippen molar-refractivity contribution in [2.45, 2.75) is 51.1 Å². The van der Waals surface area contributed by atoms with Gasteiger partial charge >= 0.3 is 6.18 Å². The third-order valence-corrected chi connectivity index (χ3v) is 5.99. The Morgan fingerprint density at radius 1 is 1.13 bits per heavy atom. The van der Waals surface area contributed by atoms with Crippen molar-refractivity contribution < 1.29 is 25.8 Å². The first-order valence-electron chi connectivity index (χ1n) is 9.42. The van der Waals surface area contributed by atoms with Gasteiger partial charge in [0, 0.05) is 17.1 Å². The van der Waals surface area contributed by atoms with E-state index in [9.17, 15) is 21.6 Å². The Morgan fingerprint density at radius 2 is 1.83 bits per heavy atom. The second kappa shape index (κ2) is 8.49. The van der Waals surface area contributed by atoms with Gasteiger partial charge in [-0.25, -0.2) is 0 Å². The molecule has 1 aliphatic heterocycles. The minimum absolute atomic E-state index is 0.105. The van der Waals surface area contributed by atoms with E-state index in [1.54, 1.807) is 6.07 Å². The zero-order valence-corrected chi connectivity index (χ0v) is 18.3. The first kappa shape index (κ1) is 23.1. The fourth-order valence-corrected chi connectivity index (χ4v) is 4.73. The summed E-state index contributed by atoms with van der Waals surface area (Å²) in [5, 5.41) is 3.93. The standard InChI is InChI=1S/C21H23ClF3NO3S/c1-12-8-14(10-15(9-12)21(23,24)25)20(29-30(3,27)28)19-7-6-18(26-19)17-11-16(22)5-4-13(17)2/h4-5,8-11,18-20,26H,6-7H2,1-3H3/t18-,19-,20-/m0/s1. The second-order valence-corrected chi connectivity index (χ2v) is 9.79. The molecule has 0 unspecified atom stereocenters. The Balaban J connectivity index is 1.96. The number of aryl methyl sites for hydroxylation is 2. The number of hydrogen-bond donors (Lipinski definition) is 1. The maximum atomic E-state index is 13.3. The molecule has 4 nitrogen and oxygen atoms in total. The maximum absolute atomic E-state index is 13.3. The van der Waals surface area contributed by atoms with E-state index in [4.69, 9.17) is 15.8 Å². The van der Waals surface area contributed by atoms with Gasteiger partial charge in [-0.15, -0.1) is 0 Å². The zero-order chi connectivity index (χ0) is 22.3. The lowest BCUT2D eigenvalue weighted by Gasteiger charge is -2.26. The number of alkyl halides is 3. The number of benzene rings is 2. The highest BCUT2D eigenvalue weighted by atomic mass is 35.5. The summed E-state index contributed by atoms with van der Waals surface area (Å²) >= 11 is 6.12. The van der Waals surface area contributed by atoms with Crippen LogP contribution in [0.4, 0.5) is 13.2 Å². The van der Waals surface area contributed by atoms with Crippen LogP contribution in [0.1, 0.15) is 52.8 Å². The molecule has 0 bridgehead atoms. The number of rotatable bonds is 5. The fraction of sp³-hybridized carbons (Fsp3) is 0.429. The molecule has 0 aromatic heterocycles. The Bertz CT molecular complexity index is 1040. The number of hydrogen-bond acceptors (Lipinski definition) is 4. The molecule has 2 aromatic rings. The minimum Gasteiger partial charge on any atom is -0.304 e. The van der Waals surface area contributed by atoms with Crippen LogP contribution in [0.25, 0.3) is 0 Å². The van der Waals surface area contributed by atoms with Gasteiger partial charge in [-0.05, 0) is 67.6 Å². The number of halogens is 4. The van der Waals surface area contributed by atoms with Gasteiger partial charge in [0.2, 0.25) is 0 Å². The summed E-state index contributed by atoms with van der Waals surface area (Å²) in [5.41, 5.74) is 1.71. The summed E-state index contributed by atoms with van der Waals surface area (Å²) in [7, 11) is -3.91. The van der Waals surface area contributed by atoms with Gasteiger partial charge in [-0.1, -0.05) is 29.3 Å². The van der Waals surface area contributed by atoms with E-state index in [1.165, 1.54) is 13.0 Å². The molecule has 1 saturated heterocycles. The van der Waals surface area contributed by atoms with Gasteiger partial charge in [0.15, 0.2) is 0 Å². The van der Waals surface area contributed by atoms with Crippen molar-refractivity contribution >= 4 is 21.7 Å². The van der Waals surface area contributed by atoms with Gasteiger partial charge in [-0.3, -0.25) is 4.18 Å². The highest BCUT2D eigenvalue weighted by Gasteiger charge is 2.37. The molecule has 3 rings (SSSR count). The van der Waals surface area contributed by atoms with E-state index in [2.05, 4.69) is 5.32 Å². The quantitative estimate of drug-likeness (QED) is 0.598. The lowest BCUT2D eigenvalue weighted by Crippen LogP contribution is -2.33. The SMILES string of the molecule is Cc1cc([C@H](OS(C)(=O)=O)[C@@H]2CC[C@@H](c3cc(Cl)ccc3C)N2)cc(C(F)(F)F)c1. The van der Waals surface area contributed by atoms with Gasteiger partial charge in [0.05, 0.1) is 11.8 Å². The molecule has 1 heterocycles. The summed E-state index contributed by atoms with van der Waals surface area (Å²) in [5.74, 6) is 0. The number of nitrogens with one attached hydrogen (secondary N) is 1. The monoisotopic (exact) mass is 461 g/mol. The van der Waals surface area contributed by atoms with Crippen LogP contribution in [0.15, 0.2) is 36.4 Å². The van der Waals surface area contributed by atoms with Crippen LogP contribution in [-0.4, -0.2) is 20.7 Å². The summed E-state index contributed by atoms with van der Waals surface area (Å²) in [6, 6.07) is 8.46. The lowest BCUT2D eigenvalue weighted by atomic mass is 9.96. The molecule has 30 heavy (non-hydrogen) atoms. The largest absolute Gasteiger partial charge is 0.416 e. The predicted molar refractivity (Wildman–Crippen MR) is 110 cm³/mol. The van der Waals surface area contributed by atoms with E-state index in [0.29, 0.717) is 23.4 Å². The van der Waals surface area contributed by atoms with Crippen LogP contribution in [-0.2, 0) is 20.5 Å². The fourth-order valence-electron chi connectivity index (χ4n) is 3.93. The highest BCUT2D eigenvalue weighted by Crippen LogP contribution is 2.39. The third kappa shape index (κ3) is 5.55. The van der Waals surface area contributed by atoms with E-state index in [-0.39, 0.29) is 11.6 Å². The van der Waals surface area contributed by atoms with Gasteiger partial charge in [0.1, 0.15) is 6.10 Å². The molecule has 0 spiro atoms. The molecule has 164 valence electrons. The van der Waals surface area contributed by atoms with Crippen LogP contribution < -0.4 is 5.32 Å². The van der Waals surface area contributed by atoms with Crippen LogP contribution in [0.3, 0.4) is 0 Å². The van der Waals surface area contributed by atoms with Crippen molar-refractivity contribution in [2.75, 3.05) is 6.26 Å². The molecule has 2 aromatic carbocycles. The Morgan fingerprint density at radius 3 is 2.47 bits per heavy atom. The minimum atomic E-state index is -4.54. The summed E-state index contributed by atoms with van der Waals surface area (Å²) < 4.78 is 69.0. The lowest BCUT2D eigenvalue weighted by molar-refractivity contribution is -0.137. The Kier molecular flexibility index (Phi) is 6.53. The average Bonchev–Trinajstić information content (AvgIpc) is 3.09. The van der Waals surface area contributed by atoms with Gasteiger partial charge in [0.25, 0.3) is 10.1 Å². The zero-order valence-electron chi connectivity index (χ0n) is 16.8. The van der Waals surface area contributed by atoms with Gasteiger partial charge < -0.3 is 5.32 Å². The van der Waals surface area contributed by atoms with Crippen molar-refractivity contribution in [1.29, 1.82) is 0 Å². The van der Waals surface area contributed by atoms with Crippen molar-refractivity contribution in [3.63, 3.8) is 0 Å². The molecular weight excluding hydrogens is 439 g/mol. The third-order valence-electron chi connectivity index (χ3n) is 5.20. The first-order valence-corrected chi connectivity index (χ1v) is 11.6. The van der Waals surface area contributed by atoms with Gasteiger partial charge in [-0.2, -0.15) is 21.6 Å². The average molecular weight is 462 g/mol. The topological polar surface area (TPSA) is 55.4 Å². The molecule has 0 amide bonds.